The molecule has 1 rings (SSSR count). The van der Waals surface area contributed by atoms with E-state index in [-0.39, 0.29) is 17.4 Å². The summed E-state index contributed by atoms with van der Waals surface area (Å²) in [5.41, 5.74) is 0.958. The van der Waals surface area contributed by atoms with E-state index < -0.39 is 10.0 Å². The lowest BCUT2D eigenvalue weighted by atomic mass is 10.1. The lowest BCUT2D eigenvalue weighted by molar-refractivity contribution is 0.263. The molecule has 0 heterocycles. The van der Waals surface area contributed by atoms with Gasteiger partial charge in [-0.1, -0.05) is 22.9 Å². The Morgan fingerprint density at radius 1 is 1.32 bits per heavy atom. The van der Waals surface area contributed by atoms with Crippen LogP contribution in [-0.4, -0.2) is 26.7 Å². The van der Waals surface area contributed by atoms with Gasteiger partial charge in [0.1, 0.15) is 0 Å². The van der Waals surface area contributed by atoms with Crippen molar-refractivity contribution < 1.29 is 13.5 Å². The average Bonchev–Trinajstić information content (AvgIpc) is 2.31. The van der Waals surface area contributed by atoms with E-state index >= 15 is 0 Å². The minimum absolute atomic E-state index is 0.0582. The molecule has 0 amide bonds. The van der Waals surface area contributed by atoms with E-state index in [0.29, 0.717) is 17.4 Å². The van der Waals surface area contributed by atoms with E-state index in [4.69, 9.17) is 5.11 Å². The molecule has 19 heavy (non-hydrogen) atoms. The number of aliphatic hydroxyl groups is 1. The Bertz CT molecular complexity index is 546. The Morgan fingerprint density at radius 3 is 2.53 bits per heavy atom. The average molecular weight is 415 g/mol. The van der Waals surface area contributed by atoms with Crippen LogP contribution in [-0.2, 0) is 10.0 Å². The van der Waals surface area contributed by atoms with Crippen LogP contribution >= 0.6 is 31.9 Å². The first-order valence-corrected chi connectivity index (χ1v) is 8.91. The number of aryl methyl sites for hydroxylation is 1. The van der Waals surface area contributed by atoms with Crippen molar-refractivity contribution in [3.05, 3.63) is 26.6 Å². The molecule has 0 aliphatic carbocycles. The maximum Gasteiger partial charge on any atom is 0.241 e. The highest BCUT2D eigenvalue weighted by Crippen LogP contribution is 2.28. The molecule has 0 bridgehead atoms. The van der Waals surface area contributed by atoms with Crippen molar-refractivity contribution in [3.8, 4) is 0 Å². The fourth-order valence-corrected chi connectivity index (χ4v) is 4.33. The van der Waals surface area contributed by atoms with Crippen molar-refractivity contribution in [2.75, 3.05) is 13.2 Å². The Kier molecular flexibility index (Phi) is 6.46. The van der Waals surface area contributed by atoms with Crippen molar-refractivity contribution in [1.29, 1.82) is 0 Å². The maximum atomic E-state index is 12.2. The van der Waals surface area contributed by atoms with Crippen LogP contribution in [0.4, 0.5) is 0 Å². The highest BCUT2D eigenvalue weighted by molar-refractivity contribution is 9.11. The summed E-state index contributed by atoms with van der Waals surface area (Å²) in [6, 6.07) is 3.34. The predicted octanol–water partition coefficient (Wildman–Crippen LogP) is 2.82. The van der Waals surface area contributed by atoms with Crippen molar-refractivity contribution >= 4 is 41.9 Å². The number of benzene rings is 1. The summed E-state index contributed by atoms with van der Waals surface area (Å²) in [5, 5.41) is 8.80. The van der Waals surface area contributed by atoms with Crippen LogP contribution in [0.25, 0.3) is 0 Å². The van der Waals surface area contributed by atoms with Gasteiger partial charge in [0.2, 0.25) is 10.0 Å². The highest BCUT2D eigenvalue weighted by atomic mass is 79.9. The molecular formula is C12H17Br2NO3S. The molecule has 1 aromatic rings. The number of aliphatic hydroxyl groups excluding tert-OH is 1. The number of nitrogens with one attached hydrogen (secondary N) is 1. The summed E-state index contributed by atoms with van der Waals surface area (Å²) in [7, 11) is -3.55. The molecule has 0 spiro atoms. The lowest BCUT2D eigenvalue weighted by Gasteiger charge is -2.13. The molecule has 7 heteroatoms. The zero-order chi connectivity index (χ0) is 14.6. The molecule has 0 fully saturated rings. The molecule has 2 N–H and O–H groups in total. The summed E-state index contributed by atoms with van der Waals surface area (Å²) in [6.07, 6.45) is 0.571. The largest absolute Gasteiger partial charge is 0.396 e. The van der Waals surface area contributed by atoms with Crippen LogP contribution in [0.5, 0.6) is 0 Å². The van der Waals surface area contributed by atoms with Gasteiger partial charge < -0.3 is 5.11 Å². The van der Waals surface area contributed by atoms with Crippen molar-refractivity contribution in [1.82, 2.24) is 4.72 Å². The van der Waals surface area contributed by atoms with E-state index in [1.165, 1.54) is 0 Å². The third-order valence-electron chi connectivity index (χ3n) is 2.75. The molecule has 0 radical (unpaired) electrons. The second-order valence-electron chi connectivity index (χ2n) is 4.50. The quantitative estimate of drug-likeness (QED) is 0.751. The van der Waals surface area contributed by atoms with E-state index in [2.05, 4.69) is 36.6 Å². The Morgan fingerprint density at radius 2 is 1.95 bits per heavy atom. The standard InChI is InChI=1S/C12H17Br2NO3S/c1-8(3-4-16)7-15-19(17,18)12-6-10(13)9(2)5-11(12)14/h5-6,8,15-16H,3-4,7H2,1-2H3. The van der Waals surface area contributed by atoms with Crippen molar-refractivity contribution in [2.24, 2.45) is 5.92 Å². The van der Waals surface area contributed by atoms with Crippen LogP contribution in [0.2, 0.25) is 0 Å². The molecule has 1 unspecified atom stereocenters. The van der Waals surface area contributed by atoms with E-state index in [9.17, 15) is 8.42 Å². The fraction of sp³-hybridized carbons (Fsp3) is 0.500. The smallest absolute Gasteiger partial charge is 0.241 e. The van der Waals surface area contributed by atoms with Gasteiger partial charge in [0.25, 0.3) is 0 Å². The third-order valence-corrected chi connectivity index (χ3v) is 5.98. The molecular weight excluding hydrogens is 398 g/mol. The minimum Gasteiger partial charge on any atom is -0.396 e. The van der Waals surface area contributed by atoms with Crippen LogP contribution in [0, 0.1) is 12.8 Å². The number of sulfonamides is 1. The Balaban J connectivity index is 2.92. The first-order valence-electron chi connectivity index (χ1n) is 5.84. The van der Waals surface area contributed by atoms with Crippen LogP contribution in [0.1, 0.15) is 18.9 Å². The number of rotatable bonds is 6. The molecule has 0 aromatic heterocycles. The van der Waals surface area contributed by atoms with E-state index in [1.807, 2.05) is 13.8 Å². The summed E-state index contributed by atoms with van der Waals surface area (Å²) in [4.78, 5) is 0.209. The molecule has 1 aromatic carbocycles. The second-order valence-corrected chi connectivity index (χ2v) is 7.95. The molecule has 4 nitrogen and oxygen atoms in total. The first kappa shape index (κ1) is 17.1. The van der Waals surface area contributed by atoms with E-state index in [0.717, 1.165) is 10.0 Å². The number of hydrogen-bond donors (Lipinski definition) is 2. The van der Waals surface area contributed by atoms with Gasteiger partial charge in [0, 0.05) is 22.1 Å². The van der Waals surface area contributed by atoms with Crippen LogP contribution in [0.15, 0.2) is 26.0 Å². The molecule has 0 aliphatic heterocycles. The summed E-state index contributed by atoms with van der Waals surface area (Å²) in [6.45, 7) is 4.14. The summed E-state index contributed by atoms with van der Waals surface area (Å²) < 4.78 is 28.2. The highest BCUT2D eigenvalue weighted by Gasteiger charge is 2.19. The van der Waals surface area contributed by atoms with Crippen molar-refractivity contribution in [3.63, 3.8) is 0 Å². The number of halogens is 2. The van der Waals surface area contributed by atoms with Gasteiger partial charge in [0.05, 0.1) is 4.90 Å². The van der Waals surface area contributed by atoms with Gasteiger partial charge in [-0.05, 0) is 52.9 Å². The maximum absolute atomic E-state index is 12.2. The molecule has 1 atom stereocenters. The molecule has 0 saturated carbocycles. The van der Waals surface area contributed by atoms with Gasteiger partial charge in [-0.25, -0.2) is 13.1 Å². The van der Waals surface area contributed by atoms with Gasteiger partial charge in [0.15, 0.2) is 0 Å². The third kappa shape index (κ3) is 4.82. The van der Waals surface area contributed by atoms with Gasteiger partial charge in [-0.2, -0.15) is 0 Å². The van der Waals surface area contributed by atoms with Gasteiger partial charge in [-0.3, -0.25) is 0 Å². The molecule has 0 saturated heterocycles. The normalized spacial score (nSPS) is 13.5. The van der Waals surface area contributed by atoms with Crippen LogP contribution in [0.3, 0.4) is 0 Å². The molecule has 0 aliphatic rings. The second kappa shape index (κ2) is 7.17. The Hall–Kier alpha value is 0.0500. The SMILES string of the molecule is Cc1cc(Br)c(S(=O)(=O)NCC(C)CCO)cc1Br. The van der Waals surface area contributed by atoms with Crippen molar-refractivity contribution in [2.45, 2.75) is 25.2 Å². The topological polar surface area (TPSA) is 66.4 Å². The fourth-order valence-electron chi connectivity index (χ4n) is 1.49. The predicted molar refractivity (Wildman–Crippen MR) is 82.6 cm³/mol. The molecule has 108 valence electrons. The Labute approximate surface area is 130 Å². The van der Waals surface area contributed by atoms with Crippen LogP contribution < -0.4 is 4.72 Å². The van der Waals surface area contributed by atoms with Gasteiger partial charge >= 0.3 is 0 Å². The zero-order valence-corrected chi connectivity index (χ0v) is 14.8. The summed E-state index contributed by atoms with van der Waals surface area (Å²) in [5.74, 6) is 0.0902. The first-order chi connectivity index (χ1) is 8.77. The minimum atomic E-state index is -3.55. The number of hydrogen-bond acceptors (Lipinski definition) is 3. The van der Waals surface area contributed by atoms with E-state index in [1.54, 1.807) is 12.1 Å². The summed E-state index contributed by atoms with van der Waals surface area (Å²) >= 11 is 6.61. The zero-order valence-electron chi connectivity index (χ0n) is 10.8. The monoisotopic (exact) mass is 413 g/mol. The lowest BCUT2D eigenvalue weighted by Crippen LogP contribution is -2.29. The van der Waals surface area contributed by atoms with Gasteiger partial charge in [-0.15, -0.1) is 0 Å².